The summed E-state index contributed by atoms with van der Waals surface area (Å²) in [5, 5.41) is 16.5. The minimum atomic E-state index is 0.0206. The molecule has 5 nitrogen and oxygen atoms in total. The molecule has 0 bridgehead atoms. The van der Waals surface area contributed by atoms with Gasteiger partial charge in [-0.25, -0.2) is 4.52 Å². The molecule has 0 radical (unpaired) electrons. The van der Waals surface area contributed by atoms with Crippen LogP contribution in [0, 0.1) is 5.41 Å². The Morgan fingerprint density at radius 2 is 2.22 bits per heavy atom. The molecule has 0 unspecified atom stereocenters. The molecule has 18 heavy (non-hydrogen) atoms. The Hall–Kier alpha value is -1.14. The zero-order valence-corrected chi connectivity index (χ0v) is 12.1. The molecule has 0 aliphatic rings. The van der Waals surface area contributed by atoms with Gasteiger partial charge in [0, 0.05) is 23.8 Å². The van der Waals surface area contributed by atoms with Gasteiger partial charge in [0.2, 0.25) is 5.95 Å². The second kappa shape index (κ2) is 5.24. The highest BCUT2D eigenvalue weighted by Crippen LogP contribution is 2.20. The first-order valence-electron chi connectivity index (χ1n) is 5.87. The van der Waals surface area contributed by atoms with Crippen LogP contribution in [0.5, 0.6) is 0 Å². The van der Waals surface area contributed by atoms with E-state index in [1.165, 1.54) is 0 Å². The number of aliphatic hydroxyl groups is 1. The van der Waals surface area contributed by atoms with Gasteiger partial charge >= 0.3 is 0 Å². The fourth-order valence-electron chi connectivity index (χ4n) is 1.64. The third-order valence-corrected chi connectivity index (χ3v) is 3.28. The van der Waals surface area contributed by atoms with Gasteiger partial charge in [-0.15, -0.1) is 5.10 Å². The first-order valence-corrected chi connectivity index (χ1v) is 6.66. The van der Waals surface area contributed by atoms with Gasteiger partial charge in [0.15, 0.2) is 5.65 Å². The molecule has 6 heteroatoms. The number of halogens is 1. The summed E-state index contributed by atoms with van der Waals surface area (Å²) >= 11 is 3.40. The van der Waals surface area contributed by atoms with Gasteiger partial charge in [-0.2, -0.15) is 4.98 Å². The molecule has 0 fully saturated rings. The smallest absolute Gasteiger partial charge is 0.243 e. The zero-order valence-electron chi connectivity index (χ0n) is 10.5. The molecule has 0 aliphatic carbocycles. The van der Waals surface area contributed by atoms with Gasteiger partial charge < -0.3 is 10.4 Å². The molecule has 0 amide bonds. The maximum atomic E-state index is 8.98. The van der Waals surface area contributed by atoms with Crippen LogP contribution in [0.1, 0.15) is 20.3 Å². The Kier molecular flexibility index (Phi) is 3.87. The molecule has 2 heterocycles. The molecular formula is C12H17BrN4O. The number of aromatic nitrogens is 3. The van der Waals surface area contributed by atoms with Crippen LogP contribution in [0.4, 0.5) is 5.95 Å². The average Bonchev–Trinajstić information content (AvgIpc) is 2.68. The quantitative estimate of drug-likeness (QED) is 0.889. The lowest BCUT2D eigenvalue weighted by Crippen LogP contribution is -2.24. The summed E-state index contributed by atoms with van der Waals surface area (Å²) in [6, 6.07) is 3.84. The van der Waals surface area contributed by atoms with Crippen LogP contribution in [0.15, 0.2) is 22.8 Å². The summed E-state index contributed by atoms with van der Waals surface area (Å²) in [6.07, 6.45) is 2.62. The first-order chi connectivity index (χ1) is 8.50. The standard InChI is InChI=1S/C12H17BrN4O/c1-12(2,5-6-18)8-14-11-15-10-4-3-9(13)7-17(10)16-11/h3-4,7,18H,5-6,8H2,1-2H3,(H,14,16). The van der Waals surface area contributed by atoms with Gasteiger partial charge in [-0.05, 0) is 39.9 Å². The molecule has 0 saturated heterocycles. The summed E-state index contributed by atoms with van der Waals surface area (Å²) in [4.78, 5) is 4.37. The van der Waals surface area contributed by atoms with Crippen LogP contribution in [0.25, 0.3) is 5.65 Å². The molecule has 2 N–H and O–H groups in total. The number of rotatable bonds is 5. The van der Waals surface area contributed by atoms with Crippen LogP contribution in [0.2, 0.25) is 0 Å². The molecular weight excluding hydrogens is 296 g/mol. The van der Waals surface area contributed by atoms with Crippen LogP contribution in [0.3, 0.4) is 0 Å². The molecule has 0 spiro atoms. The summed E-state index contributed by atoms with van der Waals surface area (Å²) in [5.41, 5.74) is 0.827. The van der Waals surface area contributed by atoms with Crippen molar-refractivity contribution in [1.29, 1.82) is 0 Å². The highest BCUT2D eigenvalue weighted by molar-refractivity contribution is 9.10. The minimum absolute atomic E-state index is 0.0206. The van der Waals surface area contributed by atoms with Gasteiger partial charge in [0.05, 0.1) is 0 Å². The average molecular weight is 313 g/mol. The monoisotopic (exact) mass is 312 g/mol. The van der Waals surface area contributed by atoms with E-state index in [0.29, 0.717) is 5.95 Å². The number of nitrogens with one attached hydrogen (secondary N) is 1. The van der Waals surface area contributed by atoms with Gasteiger partial charge in [-0.1, -0.05) is 13.8 Å². The Balaban J connectivity index is 2.08. The van der Waals surface area contributed by atoms with Crippen molar-refractivity contribution in [3.05, 3.63) is 22.8 Å². The van der Waals surface area contributed by atoms with E-state index in [1.54, 1.807) is 4.52 Å². The number of nitrogens with zero attached hydrogens (tertiary/aromatic N) is 3. The van der Waals surface area contributed by atoms with Crippen molar-refractivity contribution in [2.24, 2.45) is 5.41 Å². The summed E-state index contributed by atoms with van der Waals surface area (Å²) in [6.45, 7) is 5.12. The molecule has 0 saturated carbocycles. The predicted molar refractivity (Wildman–Crippen MR) is 74.7 cm³/mol. The molecule has 0 aromatic carbocycles. The van der Waals surface area contributed by atoms with Gasteiger partial charge in [0.25, 0.3) is 0 Å². The SMILES string of the molecule is CC(C)(CCO)CNc1nc2ccc(Br)cn2n1. The second-order valence-electron chi connectivity index (χ2n) is 5.08. The Morgan fingerprint density at radius 1 is 1.44 bits per heavy atom. The second-order valence-corrected chi connectivity index (χ2v) is 5.99. The lowest BCUT2D eigenvalue weighted by molar-refractivity contribution is 0.220. The highest BCUT2D eigenvalue weighted by atomic mass is 79.9. The first kappa shape index (κ1) is 13.3. The number of anilines is 1. The normalized spacial score (nSPS) is 12.0. The molecule has 98 valence electrons. The number of pyridine rings is 1. The molecule has 0 aliphatic heterocycles. The fourth-order valence-corrected chi connectivity index (χ4v) is 1.97. The molecule has 2 rings (SSSR count). The minimum Gasteiger partial charge on any atom is -0.396 e. The Bertz CT molecular complexity index is 538. The van der Waals surface area contributed by atoms with E-state index in [0.717, 1.165) is 23.1 Å². The van der Waals surface area contributed by atoms with Crippen molar-refractivity contribution in [2.75, 3.05) is 18.5 Å². The zero-order chi connectivity index (χ0) is 13.2. The number of hydrogen-bond donors (Lipinski definition) is 2. The van der Waals surface area contributed by atoms with E-state index in [2.05, 4.69) is 45.2 Å². The topological polar surface area (TPSA) is 62.5 Å². The molecule has 2 aromatic rings. The van der Waals surface area contributed by atoms with Crippen LogP contribution in [-0.4, -0.2) is 32.9 Å². The summed E-state index contributed by atoms with van der Waals surface area (Å²) < 4.78 is 2.69. The van der Waals surface area contributed by atoms with Gasteiger partial charge in [-0.3, -0.25) is 0 Å². The van der Waals surface area contributed by atoms with E-state index in [4.69, 9.17) is 5.11 Å². The Labute approximate surface area is 114 Å². The Morgan fingerprint density at radius 3 is 2.94 bits per heavy atom. The number of hydrogen-bond acceptors (Lipinski definition) is 4. The lowest BCUT2D eigenvalue weighted by atomic mass is 9.90. The van der Waals surface area contributed by atoms with Crippen LogP contribution in [-0.2, 0) is 0 Å². The maximum absolute atomic E-state index is 8.98. The van der Waals surface area contributed by atoms with Crippen molar-refractivity contribution >= 4 is 27.5 Å². The predicted octanol–water partition coefficient (Wildman–Crippen LogP) is 2.31. The molecule has 0 atom stereocenters. The fraction of sp³-hybridized carbons (Fsp3) is 0.500. The third kappa shape index (κ3) is 3.20. The highest BCUT2D eigenvalue weighted by Gasteiger charge is 2.17. The van der Waals surface area contributed by atoms with E-state index in [1.807, 2.05) is 18.3 Å². The summed E-state index contributed by atoms with van der Waals surface area (Å²) in [5.74, 6) is 0.610. The van der Waals surface area contributed by atoms with E-state index >= 15 is 0 Å². The largest absolute Gasteiger partial charge is 0.396 e. The van der Waals surface area contributed by atoms with Crippen LogP contribution < -0.4 is 5.32 Å². The number of aliphatic hydroxyl groups excluding tert-OH is 1. The van der Waals surface area contributed by atoms with Gasteiger partial charge in [0.1, 0.15) is 0 Å². The van der Waals surface area contributed by atoms with E-state index in [9.17, 15) is 0 Å². The van der Waals surface area contributed by atoms with E-state index in [-0.39, 0.29) is 12.0 Å². The van der Waals surface area contributed by atoms with Crippen molar-refractivity contribution < 1.29 is 5.11 Å². The third-order valence-electron chi connectivity index (χ3n) is 2.81. The summed E-state index contributed by atoms with van der Waals surface area (Å²) in [7, 11) is 0. The van der Waals surface area contributed by atoms with Crippen molar-refractivity contribution in [3.8, 4) is 0 Å². The van der Waals surface area contributed by atoms with E-state index < -0.39 is 0 Å². The van der Waals surface area contributed by atoms with Crippen molar-refractivity contribution in [3.63, 3.8) is 0 Å². The lowest BCUT2D eigenvalue weighted by Gasteiger charge is -2.23. The van der Waals surface area contributed by atoms with Crippen LogP contribution >= 0.6 is 15.9 Å². The van der Waals surface area contributed by atoms with Crippen molar-refractivity contribution in [1.82, 2.24) is 14.6 Å². The molecule has 2 aromatic heterocycles. The number of fused-ring (bicyclic) bond motifs is 1. The van der Waals surface area contributed by atoms with Crippen molar-refractivity contribution in [2.45, 2.75) is 20.3 Å². The maximum Gasteiger partial charge on any atom is 0.243 e.